The highest BCUT2D eigenvalue weighted by Gasteiger charge is 2.30. The van der Waals surface area contributed by atoms with Crippen molar-refractivity contribution < 1.29 is 45.0 Å². The number of nitrogens with zero attached hydrogens (tertiary/aromatic N) is 4. The molecule has 2 aliphatic rings. The molecule has 0 bridgehead atoms. The predicted molar refractivity (Wildman–Crippen MR) is 161 cm³/mol. The number of pyridine rings is 1. The lowest BCUT2D eigenvalue weighted by Crippen LogP contribution is -2.41. The van der Waals surface area contributed by atoms with Gasteiger partial charge in [0.2, 0.25) is 21.7 Å². The van der Waals surface area contributed by atoms with Gasteiger partial charge in [0, 0.05) is 36.7 Å². The van der Waals surface area contributed by atoms with Gasteiger partial charge in [-0.1, -0.05) is 12.1 Å². The zero-order valence-corrected chi connectivity index (χ0v) is 25.6. The third kappa shape index (κ3) is 6.57. The molecule has 0 unspecified atom stereocenters. The highest BCUT2D eigenvalue weighted by Crippen LogP contribution is 2.36. The van der Waals surface area contributed by atoms with Crippen molar-refractivity contribution in [2.45, 2.75) is 25.7 Å². The number of morpholine rings is 1. The van der Waals surface area contributed by atoms with Gasteiger partial charge in [0.1, 0.15) is 11.6 Å². The molecule has 2 aromatic heterocycles. The largest absolute Gasteiger partial charge is 0.434 e. The van der Waals surface area contributed by atoms with Crippen molar-refractivity contribution in [2.75, 3.05) is 32.0 Å². The molecule has 11 nitrogen and oxygen atoms in total. The SMILES string of the molecule is Cc1cc(Oc2c(F)cccc2F)ncc1-n1ncc(C(=O)C2=Cc3cc(OC(F)F)c(CS(=O)(=O)N4CCOCC4)cc3C2)c1N. The van der Waals surface area contributed by atoms with E-state index in [1.165, 1.54) is 51.7 Å². The number of benzene rings is 2. The van der Waals surface area contributed by atoms with Gasteiger partial charge >= 0.3 is 6.61 Å². The summed E-state index contributed by atoms with van der Waals surface area (Å²) in [6.07, 6.45) is 4.18. The first-order valence-electron chi connectivity index (χ1n) is 14.2. The molecule has 2 aromatic carbocycles. The normalized spacial score (nSPS) is 15.1. The molecule has 6 rings (SSSR count). The zero-order chi connectivity index (χ0) is 33.5. The minimum atomic E-state index is -3.87. The Morgan fingerprint density at radius 3 is 2.51 bits per heavy atom. The number of para-hydroxylation sites is 1. The molecule has 47 heavy (non-hydrogen) atoms. The van der Waals surface area contributed by atoms with E-state index >= 15 is 0 Å². The second kappa shape index (κ2) is 12.8. The number of carbonyl (C=O) groups is 1. The second-order valence-electron chi connectivity index (χ2n) is 10.8. The topological polar surface area (TPSA) is 139 Å². The standard InChI is InChI=1S/C31H27F4N5O6S/c1-17-9-27(46-29-23(32)3-2-4-24(29)33)37-15-25(17)40-30(36)22(14-38-40)28(41)20-10-18-12-21(26(45-31(34)35)13-19(18)11-20)16-47(42,43)39-5-7-44-8-6-39/h2-4,9,11-15,31H,5-8,10,16,36H2,1H3. The summed E-state index contributed by atoms with van der Waals surface area (Å²) in [7, 11) is -3.87. The molecule has 1 aliphatic carbocycles. The summed E-state index contributed by atoms with van der Waals surface area (Å²) in [5.74, 6) is -3.87. The van der Waals surface area contributed by atoms with E-state index in [9.17, 15) is 30.8 Å². The van der Waals surface area contributed by atoms with Crippen LogP contribution in [0.3, 0.4) is 0 Å². The number of Topliss-reactive ketones (excluding diaryl/α,β-unsaturated/α-hetero) is 1. The number of anilines is 1. The number of alkyl halides is 2. The highest BCUT2D eigenvalue weighted by molar-refractivity contribution is 7.88. The van der Waals surface area contributed by atoms with Crippen LogP contribution in [0.4, 0.5) is 23.4 Å². The van der Waals surface area contributed by atoms with Crippen LogP contribution >= 0.6 is 0 Å². The van der Waals surface area contributed by atoms with E-state index in [1.54, 1.807) is 6.92 Å². The van der Waals surface area contributed by atoms with E-state index in [0.717, 1.165) is 12.1 Å². The molecule has 1 saturated heterocycles. The lowest BCUT2D eigenvalue weighted by Gasteiger charge is -2.26. The van der Waals surface area contributed by atoms with Crippen LogP contribution in [0.5, 0.6) is 17.4 Å². The summed E-state index contributed by atoms with van der Waals surface area (Å²) in [6.45, 7) is -0.786. The number of nitrogens with two attached hydrogens (primary N) is 1. The van der Waals surface area contributed by atoms with Gasteiger partial charge in [-0.15, -0.1) is 0 Å². The Balaban J connectivity index is 1.23. The molecule has 246 valence electrons. The molecule has 0 radical (unpaired) electrons. The molecule has 0 saturated carbocycles. The number of ether oxygens (including phenoxy) is 3. The zero-order valence-electron chi connectivity index (χ0n) is 24.8. The molecular weight excluding hydrogens is 646 g/mol. The van der Waals surface area contributed by atoms with Gasteiger partial charge in [0.05, 0.1) is 42.6 Å². The van der Waals surface area contributed by atoms with Crippen molar-refractivity contribution in [1.29, 1.82) is 0 Å². The van der Waals surface area contributed by atoms with E-state index < -0.39 is 45.6 Å². The summed E-state index contributed by atoms with van der Waals surface area (Å²) in [4.78, 5) is 17.7. The number of sulfonamides is 1. The summed E-state index contributed by atoms with van der Waals surface area (Å²) in [5.41, 5.74) is 8.55. The first-order valence-corrected chi connectivity index (χ1v) is 15.9. The van der Waals surface area contributed by atoms with E-state index in [-0.39, 0.29) is 66.9 Å². The van der Waals surface area contributed by atoms with Crippen LogP contribution < -0.4 is 15.2 Å². The van der Waals surface area contributed by atoms with Gasteiger partial charge in [0.25, 0.3) is 0 Å². The third-order valence-electron chi connectivity index (χ3n) is 7.70. The Hall–Kier alpha value is -4.80. The number of carbonyl (C=O) groups excluding carboxylic acids is 1. The summed E-state index contributed by atoms with van der Waals surface area (Å²) < 4.78 is 98.5. The van der Waals surface area contributed by atoms with Crippen LogP contribution in [0.1, 0.15) is 32.6 Å². The molecule has 1 fully saturated rings. The maximum absolute atomic E-state index is 14.0. The van der Waals surface area contributed by atoms with Gasteiger partial charge in [0.15, 0.2) is 17.4 Å². The first kappa shape index (κ1) is 32.2. The van der Waals surface area contributed by atoms with Crippen molar-refractivity contribution in [3.63, 3.8) is 0 Å². The number of ketones is 1. The number of halogens is 4. The Labute approximate surface area is 266 Å². The van der Waals surface area contributed by atoms with Gasteiger partial charge < -0.3 is 19.9 Å². The van der Waals surface area contributed by atoms with Crippen molar-refractivity contribution >= 4 is 27.7 Å². The Morgan fingerprint density at radius 2 is 1.83 bits per heavy atom. The van der Waals surface area contributed by atoms with Gasteiger partial charge in [-0.25, -0.2) is 26.9 Å². The van der Waals surface area contributed by atoms with E-state index in [0.29, 0.717) is 22.4 Å². The smallest absolute Gasteiger partial charge is 0.387 e. The van der Waals surface area contributed by atoms with Crippen LogP contribution in [-0.4, -0.2) is 66.2 Å². The summed E-state index contributed by atoms with van der Waals surface area (Å²) in [6, 6.07) is 7.48. The molecule has 1 aliphatic heterocycles. The minimum absolute atomic E-state index is 0.0235. The van der Waals surface area contributed by atoms with Crippen molar-refractivity contribution in [1.82, 2.24) is 19.1 Å². The van der Waals surface area contributed by atoms with Crippen LogP contribution in [-0.2, 0) is 26.9 Å². The van der Waals surface area contributed by atoms with E-state index in [4.69, 9.17) is 15.2 Å². The molecule has 0 amide bonds. The number of fused-ring (bicyclic) bond motifs is 1. The molecule has 0 atom stereocenters. The number of hydrogen-bond acceptors (Lipinski definition) is 9. The van der Waals surface area contributed by atoms with Crippen LogP contribution in [0, 0.1) is 18.6 Å². The van der Waals surface area contributed by atoms with Crippen LogP contribution in [0.15, 0.2) is 54.4 Å². The molecular formula is C31H27F4N5O6S. The molecule has 0 spiro atoms. The first-order chi connectivity index (χ1) is 22.4. The number of aromatic nitrogens is 3. The van der Waals surface area contributed by atoms with Crippen LogP contribution in [0.2, 0.25) is 0 Å². The Kier molecular flexibility index (Phi) is 8.74. The maximum Gasteiger partial charge on any atom is 0.387 e. The minimum Gasteiger partial charge on any atom is -0.434 e. The van der Waals surface area contributed by atoms with Crippen molar-refractivity contribution in [2.24, 2.45) is 0 Å². The molecule has 3 heterocycles. The average molecular weight is 674 g/mol. The quantitative estimate of drug-likeness (QED) is 0.186. The number of hydrogen-bond donors (Lipinski definition) is 1. The molecule has 2 N–H and O–H groups in total. The number of allylic oxidation sites excluding steroid dienone is 1. The Morgan fingerprint density at radius 1 is 1.11 bits per heavy atom. The summed E-state index contributed by atoms with van der Waals surface area (Å²) in [5, 5.41) is 4.24. The highest BCUT2D eigenvalue weighted by atomic mass is 32.2. The number of nitrogen functional groups attached to an aromatic ring is 1. The van der Waals surface area contributed by atoms with Crippen molar-refractivity contribution in [3.05, 3.63) is 93.8 Å². The van der Waals surface area contributed by atoms with Gasteiger partial charge in [-0.2, -0.15) is 18.2 Å². The molecule has 16 heteroatoms. The van der Waals surface area contributed by atoms with Gasteiger partial charge in [-0.3, -0.25) is 4.79 Å². The fraction of sp³-hybridized carbons (Fsp3) is 0.258. The lowest BCUT2D eigenvalue weighted by molar-refractivity contribution is -0.0503. The van der Waals surface area contributed by atoms with E-state index in [1.807, 2.05) is 0 Å². The second-order valence-corrected chi connectivity index (χ2v) is 12.8. The lowest BCUT2D eigenvalue weighted by atomic mass is 10.0. The monoisotopic (exact) mass is 673 g/mol. The Bertz CT molecular complexity index is 1990. The fourth-order valence-corrected chi connectivity index (χ4v) is 6.89. The van der Waals surface area contributed by atoms with E-state index in [2.05, 4.69) is 14.8 Å². The number of aryl methyl sites for hydroxylation is 1. The molecule has 4 aromatic rings. The summed E-state index contributed by atoms with van der Waals surface area (Å²) >= 11 is 0. The fourth-order valence-electron chi connectivity index (χ4n) is 5.38. The van der Waals surface area contributed by atoms with Crippen molar-refractivity contribution in [3.8, 4) is 23.1 Å². The maximum atomic E-state index is 14.0. The van der Waals surface area contributed by atoms with Crippen LogP contribution in [0.25, 0.3) is 11.8 Å². The average Bonchev–Trinajstić information content (AvgIpc) is 3.62. The number of rotatable bonds is 10. The third-order valence-corrected chi connectivity index (χ3v) is 9.53. The van der Waals surface area contributed by atoms with Gasteiger partial charge in [-0.05, 0) is 47.9 Å². The predicted octanol–water partition coefficient (Wildman–Crippen LogP) is 4.81.